The van der Waals surface area contributed by atoms with Crippen LogP contribution >= 0.6 is 0 Å². The molecule has 0 bridgehead atoms. The van der Waals surface area contributed by atoms with Crippen LogP contribution in [0.5, 0.6) is 0 Å². The van der Waals surface area contributed by atoms with E-state index in [2.05, 4.69) is 26.8 Å². The van der Waals surface area contributed by atoms with Crippen LogP contribution in [0.15, 0.2) is 24.3 Å². The van der Waals surface area contributed by atoms with E-state index in [1.807, 2.05) is 23.1 Å². The third-order valence-corrected chi connectivity index (χ3v) is 3.58. The molecule has 1 aromatic rings. The average Bonchev–Trinajstić information content (AvgIpc) is 3.18. The van der Waals surface area contributed by atoms with Gasteiger partial charge in [-0.3, -0.25) is 4.79 Å². The molecular formula is C16H24N2O. The molecular weight excluding hydrogens is 236 g/mol. The molecule has 0 aromatic heterocycles. The third kappa shape index (κ3) is 3.16. The van der Waals surface area contributed by atoms with Crippen LogP contribution in [-0.4, -0.2) is 29.9 Å². The van der Waals surface area contributed by atoms with Crippen molar-refractivity contribution in [1.82, 2.24) is 4.90 Å². The Bertz CT molecular complexity index is 458. The lowest BCUT2D eigenvalue weighted by Gasteiger charge is -2.27. The van der Waals surface area contributed by atoms with Crippen LogP contribution in [0.3, 0.4) is 0 Å². The van der Waals surface area contributed by atoms with E-state index in [1.54, 1.807) is 0 Å². The molecule has 3 heteroatoms. The van der Waals surface area contributed by atoms with Gasteiger partial charge in [0.15, 0.2) is 0 Å². The monoisotopic (exact) mass is 260 g/mol. The molecule has 0 unspecified atom stereocenters. The average molecular weight is 260 g/mol. The van der Waals surface area contributed by atoms with Crippen LogP contribution in [0.2, 0.25) is 0 Å². The van der Waals surface area contributed by atoms with Crippen LogP contribution in [-0.2, 0) is 5.41 Å². The molecule has 1 amide bonds. The summed E-state index contributed by atoms with van der Waals surface area (Å²) in [6, 6.07) is 8.34. The summed E-state index contributed by atoms with van der Waals surface area (Å²) in [5, 5.41) is 0. The van der Waals surface area contributed by atoms with Crippen molar-refractivity contribution in [1.29, 1.82) is 0 Å². The highest BCUT2D eigenvalue weighted by Gasteiger charge is 2.34. The summed E-state index contributed by atoms with van der Waals surface area (Å²) in [4.78, 5) is 14.7. The molecule has 0 spiro atoms. The first-order valence-corrected chi connectivity index (χ1v) is 7.05. The zero-order chi connectivity index (χ0) is 14.0. The standard InChI is InChI=1S/C16H24N2O/c1-16(2,3)14-7-5-4-6-13(14)15(19)18(11-10-17)12-8-9-12/h4-7,12H,8-11,17H2,1-3H3. The molecule has 3 nitrogen and oxygen atoms in total. The third-order valence-electron chi connectivity index (χ3n) is 3.58. The van der Waals surface area contributed by atoms with Crippen molar-refractivity contribution in [3.8, 4) is 0 Å². The van der Waals surface area contributed by atoms with Crippen molar-refractivity contribution >= 4 is 5.91 Å². The Kier molecular flexibility index (Phi) is 3.95. The lowest BCUT2D eigenvalue weighted by Crippen LogP contribution is -2.38. The van der Waals surface area contributed by atoms with Crippen molar-refractivity contribution in [3.63, 3.8) is 0 Å². The van der Waals surface area contributed by atoms with Gasteiger partial charge in [-0.2, -0.15) is 0 Å². The molecule has 1 saturated carbocycles. The Morgan fingerprint density at radius 2 is 1.95 bits per heavy atom. The molecule has 0 radical (unpaired) electrons. The molecule has 0 saturated heterocycles. The molecule has 0 aliphatic heterocycles. The minimum absolute atomic E-state index is 0.0236. The molecule has 1 aliphatic carbocycles. The maximum Gasteiger partial charge on any atom is 0.254 e. The van der Waals surface area contributed by atoms with Gasteiger partial charge in [0.25, 0.3) is 5.91 Å². The highest BCUT2D eigenvalue weighted by atomic mass is 16.2. The van der Waals surface area contributed by atoms with Crippen molar-refractivity contribution < 1.29 is 4.79 Å². The summed E-state index contributed by atoms with van der Waals surface area (Å²) < 4.78 is 0. The van der Waals surface area contributed by atoms with Gasteiger partial charge in [0.2, 0.25) is 0 Å². The number of carbonyl (C=O) groups excluding carboxylic acids is 1. The molecule has 2 rings (SSSR count). The van der Waals surface area contributed by atoms with Crippen molar-refractivity contribution in [2.45, 2.75) is 45.1 Å². The number of carbonyl (C=O) groups is 1. The maximum absolute atomic E-state index is 12.8. The van der Waals surface area contributed by atoms with Gasteiger partial charge in [-0.15, -0.1) is 0 Å². The van der Waals surface area contributed by atoms with Crippen LogP contribution in [0.4, 0.5) is 0 Å². The minimum Gasteiger partial charge on any atom is -0.334 e. The quantitative estimate of drug-likeness (QED) is 0.904. The van der Waals surface area contributed by atoms with Crippen LogP contribution in [0, 0.1) is 0 Å². The number of benzene rings is 1. The van der Waals surface area contributed by atoms with Crippen LogP contribution in [0.25, 0.3) is 0 Å². The summed E-state index contributed by atoms with van der Waals surface area (Å²) in [6.07, 6.45) is 2.23. The fourth-order valence-corrected chi connectivity index (χ4v) is 2.45. The Hall–Kier alpha value is -1.35. The second-order valence-electron chi connectivity index (χ2n) is 6.31. The molecule has 1 fully saturated rings. The van der Waals surface area contributed by atoms with E-state index in [0.29, 0.717) is 19.1 Å². The number of hydrogen-bond donors (Lipinski definition) is 1. The van der Waals surface area contributed by atoms with E-state index >= 15 is 0 Å². The Morgan fingerprint density at radius 3 is 2.47 bits per heavy atom. The van der Waals surface area contributed by atoms with Crippen LogP contribution in [0.1, 0.15) is 49.5 Å². The predicted molar refractivity (Wildman–Crippen MR) is 78.3 cm³/mol. The molecule has 1 aliphatic rings. The van der Waals surface area contributed by atoms with E-state index < -0.39 is 0 Å². The fourth-order valence-electron chi connectivity index (χ4n) is 2.45. The summed E-state index contributed by atoms with van der Waals surface area (Å²) in [5.41, 5.74) is 7.56. The van der Waals surface area contributed by atoms with E-state index in [-0.39, 0.29) is 11.3 Å². The van der Waals surface area contributed by atoms with Crippen molar-refractivity contribution in [2.24, 2.45) is 5.73 Å². The predicted octanol–water partition coefficient (Wildman–Crippen LogP) is 2.55. The largest absolute Gasteiger partial charge is 0.334 e. The number of hydrogen-bond acceptors (Lipinski definition) is 2. The lowest BCUT2D eigenvalue weighted by atomic mass is 9.83. The smallest absolute Gasteiger partial charge is 0.254 e. The van der Waals surface area contributed by atoms with E-state index in [4.69, 9.17) is 5.73 Å². The number of nitrogens with two attached hydrogens (primary N) is 1. The van der Waals surface area contributed by atoms with Crippen molar-refractivity contribution in [3.05, 3.63) is 35.4 Å². The summed E-state index contributed by atoms with van der Waals surface area (Å²) in [6.45, 7) is 7.61. The number of amides is 1. The summed E-state index contributed by atoms with van der Waals surface area (Å²) in [5.74, 6) is 0.137. The number of nitrogens with zero attached hydrogens (tertiary/aromatic N) is 1. The van der Waals surface area contributed by atoms with Gasteiger partial charge in [0.05, 0.1) is 0 Å². The normalized spacial score (nSPS) is 15.4. The second-order valence-corrected chi connectivity index (χ2v) is 6.31. The first kappa shape index (κ1) is 14.1. The first-order chi connectivity index (χ1) is 8.95. The molecule has 0 heterocycles. The maximum atomic E-state index is 12.8. The van der Waals surface area contributed by atoms with Gasteiger partial charge in [-0.1, -0.05) is 39.0 Å². The van der Waals surface area contributed by atoms with Gasteiger partial charge in [-0.05, 0) is 29.9 Å². The summed E-state index contributed by atoms with van der Waals surface area (Å²) >= 11 is 0. The zero-order valence-electron chi connectivity index (χ0n) is 12.1. The van der Waals surface area contributed by atoms with Gasteiger partial charge >= 0.3 is 0 Å². The van der Waals surface area contributed by atoms with Gasteiger partial charge in [0.1, 0.15) is 0 Å². The minimum atomic E-state index is -0.0236. The van der Waals surface area contributed by atoms with Gasteiger partial charge in [0, 0.05) is 24.7 Å². The summed E-state index contributed by atoms with van der Waals surface area (Å²) in [7, 11) is 0. The zero-order valence-corrected chi connectivity index (χ0v) is 12.1. The molecule has 0 atom stereocenters. The van der Waals surface area contributed by atoms with E-state index in [0.717, 1.165) is 24.0 Å². The fraction of sp³-hybridized carbons (Fsp3) is 0.562. The topological polar surface area (TPSA) is 46.3 Å². The number of rotatable bonds is 4. The molecule has 1 aromatic carbocycles. The van der Waals surface area contributed by atoms with E-state index in [1.165, 1.54) is 0 Å². The van der Waals surface area contributed by atoms with E-state index in [9.17, 15) is 4.79 Å². The van der Waals surface area contributed by atoms with Crippen LogP contribution < -0.4 is 5.73 Å². The molecule has 104 valence electrons. The Labute approximate surface area is 115 Å². The molecule has 2 N–H and O–H groups in total. The lowest BCUT2D eigenvalue weighted by molar-refractivity contribution is 0.0745. The SMILES string of the molecule is CC(C)(C)c1ccccc1C(=O)N(CCN)C1CC1. The van der Waals surface area contributed by atoms with Crippen molar-refractivity contribution in [2.75, 3.05) is 13.1 Å². The molecule has 19 heavy (non-hydrogen) atoms. The first-order valence-electron chi connectivity index (χ1n) is 7.05. The Morgan fingerprint density at radius 1 is 1.32 bits per heavy atom. The second kappa shape index (κ2) is 5.33. The van der Waals surface area contributed by atoms with Gasteiger partial charge < -0.3 is 10.6 Å². The van der Waals surface area contributed by atoms with Gasteiger partial charge in [-0.25, -0.2) is 0 Å². The Balaban J connectivity index is 2.32. The highest BCUT2D eigenvalue weighted by Crippen LogP contribution is 2.31. The highest BCUT2D eigenvalue weighted by molar-refractivity contribution is 5.96.